The Hall–Kier alpha value is -1.35. The van der Waals surface area contributed by atoms with E-state index in [1.807, 2.05) is 0 Å². The molecule has 1 aromatic rings. The lowest BCUT2D eigenvalue weighted by Crippen LogP contribution is -2.53. The van der Waals surface area contributed by atoms with E-state index in [1.165, 1.54) is 11.1 Å². The number of aliphatic hydroxyl groups excluding tert-OH is 1. The minimum Gasteiger partial charge on any atom is -0.389 e. The highest BCUT2D eigenvalue weighted by atomic mass is 16.3. The quantitative estimate of drug-likeness (QED) is 0.828. The summed E-state index contributed by atoms with van der Waals surface area (Å²) < 4.78 is 0. The molecule has 0 radical (unpaired) electrons. The molecule has 1 N–H and O–H groups in total. The molecule has 0 saturated carbocycles. The van der Waals surface area contributed by atoms with E-state index in [0.717, 1.165) is 6.42 Å². The average molecular weight is 219 g/mol. The molecule has 0 bridgehead atoms. The molecule has 1 aliphatic heterocycles. The number of amides is 1. The van der Waals surface area contributed by atoms with Crippen molar-refractivity contribution < 1.29 is 9.90 Å². The molecule has 1 amide bonds. The Bertz CT molecular complexity index is 366. The third kappa shape index (κ3) is 2.61. The molecule has 2 rings (SSSR count). The molecule has 3 nitrogen and oxygen atoms in total. The van der Waals surface area contributed by atoms with Gasteiger partial charge in [-0.15, -0.1) is 0 Å². The van der Waals surface area contributed by atoms with Gasteiger partial charge in [-0.3, -0.25) is 4.79 Å². The number of aliphatic hydroxyl groups is 1. The second-order valence-electron chi connectivity index (χ2n) is 4.44. The second-order valence-corrected chi connectivity index (χ2v) is 4.44. The van der Waals surface area contributed by atoms with E-state index < -0.39 is 0 Å². The molecular formula is C13H17NO2. The minimum atomic E-state index is -0.302. The lowest BCUT2D eigenvalue weighted by molar-refractivity contribution is -0.141. The largest absolute Gasteiger partial charge is 0.389 e. The molecule has 1 aromatic carbocycles. The fourth-order valence-electron chi connectivity index (χ4n) is 1.82. The highest BCUT2D eigenvalue weighted by Crippen LogP contribution is 2.12. The van der Waals surface area contributed by atoms with Crippen molar-refractivity contribution in [2.75, 3.05) is 13.1 Å². The standard InChI is InChI=1S/C13H17NO2/c1-10-2-4-11(5-3-10)6-7-13(16)14-8-12(15)9-14/h2-5,12,15H,6-9H2,1H3. The first kappa shape index (κ1) is 11.1. The van der Waals surface area contributed by atoms with E-state index in [9.17, 15) is 4.79 Å². The number of likely N-dealkylation sites (tertiary alicyclic amines) is 1. The topological polar surface area (TPSA) is 40.5 Å². The molecule has 1 heterocycles. The summed E-state index contributed by atoms with van der Waals surface area (Å²) in [5.74, 6) is 0.144. The summed E-state index contributed by atoms with van der Waals surface area (Å²) in [5.41, 5.74) is 2.43. The van der Waals surface area contributed by atoms with Crippen molar-refractivity contribution in [3.05, 3.63) is 35.4 Å². The lowest BCUT2D eigenvalue weighted by atomic mass is 10.1. The normalized spacial score (nSPS) is 16.0. The zero-order valence-electron chi connectivity index (χ0n) is 9.52. The Morgan fingerprint density at radius 3 is 2.56 bits per heavy atom. The molecule has 86 valence electrons. The van der Waals surface area contributed by atoms with E-state index in [4.69, 9.17) is 5.11 Å². The van der Waals surface area contributed by atoms with E-state index in [1.54, 1.807) is 4.90 Å². The van der Waals surface area contributed by atoms with Crippen molar-refractivity contribution in [3.8, 4) is 0 Å². The highest BCUT2D eigenvalue weighted by molar-refractivity contribution is 5.77. The van der Waals surface area contributed by atoms with Crippen LogP contribution in [0, 0.1) is 6.92 Å². The maximum Gasteiger partial charge on any atom is 0.223 e. The van der Waals surface area contributed by atoms with Crippen molar-refractivity contribution >= 4 is 5.91 Å². The Morgan fingerprint density at radius 2 is 2.00 bits per heavy atom. The SMILES string of the molecule is Cc1ccc(CCC(=O)N2CC(O)C2)cc1. The third-order valence-corrected chi connectivity index (χ3v) is 2.96. The maximum absolute atomic E-state index is 11.6. The molecule has 0 atom stereocenters. The van der Waals surface area contributed by atoms with Gasteiger partial charge >= 0.3 is 0 Å². The van der Waals surface area contributed by atoms with Gasteiger partial charge in [0.15, 0.2) is 0 Å². The van der Waals surface area contributed by atoms with Gasteiger partial charge in [0.25, 0.3) is 0 Å². The Morgan fingerprint density at radius 1 is 1.38 bits per heavy atom. The molecule has 3 heteroatoms. The Kier molecular flexibility index (Phi) is 3.25. The first-order chi connectivity index (χ1) is 7.65. The third-order valence-electron chi connectivity index (χ3n) is 2.96. The van der Waals surface area contributed by atoms with Crippen molar-refractivity contribution in [1.82, 2.24) is 4.90 Å². The van der Waals surface area contributed by atoms with Gasteiger partial charge in [-0.2, -0.15) is 0 Å². The van der Waals surface area contributed by atoms with Gasteiger partial charge < -0.3 is 10.0 Å². The fraction of sp³-hybridized carbons (Fsp3) is 0.462. The Labute approximate surface area is 95.7 Å². The smallest absolute Gasteiger partial charge is 0.223 e. The van der Waals surface area contributed by atoms with Crippen LogP contribution in [0.4, 0.5) is 0 Å². The van der Waals surface area contributed by atoms with Crippen LogP contribution in [0.25, 0.3) is 0 Å². The van der Waals surface area contributed by atoms with Crippen LogP contribution in [0.2, 0.25) is 0 Å². The summed E-state index contributed by atoms with van der Waals surface area (Å²) >= 11 is 0. The lowest BCUT2D eigenvalue weighted by Gasteiger charge is -2.35. The molecular weight excluding hydrogens is 202 g/mol. The van der Waals surface area contributed by atoms with Gasteiger partial charge in [-0.05, 0) is 18.9 Å². The molecule has 16 heavy (non-hydrogen) atoms. The van der Waals surface area contributed by atoms with Gasteiger partial charge in [0.05, 0.1) is 6.10 Å². The summed E-state index contributed by atoms with van der Waals surface area (Å²) in [6.45, 7) is 3.07. The van der Waals surface area contributed by atoms with Crippen molar-refractivity contribution in [2.45, 2.75) is 25.9 Å². The van der Waals surface area contributed by atoms with Gasteiger partial charge in [-0.1, -0.05) is 29.8 Å². The predicted molar refractivity (Wildman–Crippen MR) is 62.1 cm³/mol. The monoisotopic (exact) mass is 219 g/mol. The zero-order valence-corrected chi connectivity index (χ0v) is 9.52. The Balaban J connectivity index is 1.79. The average Bonchev–Trinajstić information content (AvgIpc) is 2.24. The number of rotatable bonds is 3. The van der Waals surface area contributed by atoms with Crippen LogP contribution < -0.4 is 0 Å². The molecule has 0 spiro atoms. The van der Waals surface area contributed by atoms with Crippen molar-refractivity contribution in [2.24, 2.45) is 0 Å². The van der Waals surface area contributed by atoms with Crippen molar-refractivity contribution in [1.29, 1.82) is 0 Å². The van der Waals surface area contributed by atoms with E-state index in [0.29, 0.717) is 19.5 Å². The van der Waals surface area contributed by atoms with Crippen molar-refractivity contribution in [3.63, 3.8) is 0 Å². The molecule has 1 aliphatic rings. The van der Waals surface area contributed by atoms with E-state index in [-0.39, 0.29) is 12.0 Å². The number of hydrogen-bond donors (Lipinski definition) is 1. The minimum absolute atomic E-state index is 0.144. The van der Waals surface area contributed by atoms with Crippen LogP contribution in [-0.2, 0) is 11.2 Å². The van der Waals surface area contributed by atoms with E-state index in [2.05, 4.69) is 31.2 Å². The van der Waals surface area contributed by atoms with Crippen LogP contribution in [-0.4, -0.2) is 35.1 Å². The summed E-state index contributed by atoms with van der Waals surface area (Å²) in [7, 11) is 0. The molecule has 1 saturated heterocycles. The first-order valence-corrected chi connectivity index (χ1v) is 5.66. The van der Waals surface area contributed by atoms with Gasteiger partial charge in [0.2, 0.25) is 5.91 Å². The number of nitrogens with zero attached hydrogens (tertiary/aromatic N) is 1. The summed E-state index contributed by atoms with van der Waals surface area (Å²) in [4.78, 5) is 13.3. The van der Waals surface area contributed by atoms with Gasteiger partial charge in [-0.25, -0.2) is 0 Å². The molecule has 1 fully saturated rings. The van der Waals surface area contributed by atoms with Gasteiger partial charge in [0.1, 0.15) is 0 Å². The number of carbonyl (C=O) groups is 1. The van der Waals surface area contributed by atoms with Crippen LogP contribution in [0.15, 0.2) is 24.3 Å². The number of aryl methyl sites for hydroxylation is 2. The summed E-state index contributed by atoms with van der Waals surface area (Å²) in [5, 5.41) is 9.09. The van der Waals surface area contributed by atoms with E-state index >= 15 is 0 Å². The number of β-amino-alcohol motifs (C(OH)–C–C–N with tert-alkyl or cyclic N) is 1. The molecule has 0 aromatic heterocycles. The molecule has 0 aliphatic carbocycles. The highest BCUT2D eigenvalue weighted by Gasteiger charge is 2.27. The summed E-state index contributed by atoms with van der Waals surface area (Å²) in [6.07, 6.45) is 1.02. The van der Waals surface area contributed by atoms with Crippen LogP contribution >= 0.6 is 0 Å². The maximum atomic E-state index is 11.6. The zero-order chi connectivity index (χ0) is 11.5. The van der Waals surface area contributed by atoms with Crippen LogP contribution in [0.1, 0.15) is 17.5 Å². The second kappa shape index (κ2) is 4.66. The fourth-order valence-corrected chi connectivity index (χ4v) is 1.82. The molecule has 0 unspecified atom stereocenters. The predicted octanol–water partition coefficient (Wildman–Crippen LogP) is 1.13. The number of carbonyl (C=O) groups excluding carboxylic acids is 1. The first-order valence-electron chi connectivity index (χ1n) is 5.66. The van der Waals surface area contributed by atoms with Gasteiger partial charge in [0, 0.05) is 19.5 Å². The van der Waals surface area contributed by atoms with Crippen LogP contribution in [0.5, 0.6) is 0 Å². The van der Waals surface area contributed by atoms with Crippen LogP contribution in [0.3, 0.4) is 0 Å². The number of benzene rings is 1. The number of hydrogen-bond acceptors (Lipinski definition) is 2. The summed E-state index contributed by atoms with van der Waals surface area (Å²) in [6, 6.07) is 8.25.